The van der Waals surface area contributed by atoms with E-state index < -0.39 is 34.9 Å². The molecule has 2 aromatic heterocycles. The number of aromatic hydroxyl groups is 1. The number of halogens is 1. The number of amides is 2. The van der Waals surface area contributed by atoms with E-state index in [2.05, 4.69) is 30.9 Å². The Balaban J connectivity index is 1.26. The number of nitrogens with one attached hydrogen (secondary N) is 4. The van der Waals surface area contributed by atoms with E-state index >= 15 is 0 Å². The van der Waals surface area contributed by atoms with Crippen molar-refractivity contribution in [2.45, 2.75) is 12.1 Å². The third-order valence-corrected chi connectivity index (χ3v) is 6.35. The van der Waals surface area contributed by atoms with E-state index in [1.807, 2.05) is 0 Å². The van der Waals surface area contributed by atoms with Crippen molar-refractivity contribution in [1.29, 1.82) is 0 Å². The summed E-state index contributed by atoms with van der Waals surface area (Å²) in [6, 6.07) is 8.80. The van der Waals surface area contributed by atoms with Gasteiger partial charge in [-0.3, -0.25) is 14.4 Å². The van der Waals surface area contributed by atoms with E-state index in [1.54, 1.807) is 6.07 Å². The number of rotatable bonds is 7. The van der Waals surface area contributed by atoms with Crippen molar-refractivity contribution in [1.82, 2.24) is 30.9 Å². The highest BCUT2D eigenvalue weighted by atomic mass is 19.1. The molecule has 194 valence electrons. The van der Waals surface area contributed by atoms with Crippen LogP contribution in [0.25, 0.3) is 11.2 Å². The number of hydrogen-bond donors (Lipinski definition) is 5. The number of hydrogen-bond acceptors (Lipinski definition) is 8. The first-order valence-corrected chi connectivity index (χ1v) is 11.7. The molecule has 2 aromatic carbocycles. The molecule has 0 radical (unpaired) electrons. The molecule has 11 nitrogen and oxygen atoms in total. The molecule has 1 unspecified atom stereocenters. The van der Waals surface area contributed by atoms with Crippen molar-refractivity contribution in [3.8, 4) is 11.5 Å². The lowest BCUT2D eigenvalue weighted by Gasteiger charge is -2.21. The Hall–Kier alpha value is -4.84. The number of phenols is 1. The smallest absolute Gasteiger partial charge is 0.254 e. The van der Waals surface area contributed by atoms with Crippen LogP contribution in [0, 0.1) is 5.82 Å². The van der Waals surface area contributed by atoms with Crippen LogP contribution in [0.3, 0.4) is 0 Å². The van der Waals surface area contributed by atoms with Crippen molar-refractivity contribution in [2.75, 3.05) is 20.2 Å². The lowest BCUT2D eigenvalue weighted by atomic mass is 10.00. The van der Waals surface area contributed by atoms with Crippen molar-refractivity contribution in [3.63, 3.8) is 0 Å². The number of carbonyl (C=O) groups is 3. The highest BCUT2D eigenvalue weighted by molar-refractivity contribution is 6.11. The van der Waals surface area contributed by atoms with Gasteiger partial charge in [0.05, 0.1) is 31.1 Å². The average molecular weight is 519 g/mol. The summed E-state index contributed by atoms with van der Waals surface area (Å²) in [7, 11) is 1.25. The second-order valence-corrected chi connectivity index (χ2v) is 8.66. The number of imidazole rings is 1. The number of ketones is 1. The van der Waals surface area contributed by atoms with Crippen LogP contribution in [0.2, 0.25) is 0 Å². The van der Waals surface area contributed by atoms with Crippen molar-refractivity contribution in [2.24, 2.45) is 0 Å². The number of pyridine rings is 1. The highest BCUT2D eigenvalue weighted by Gasteiger charge is 2.31. The van der Waals surface area contributed by atoms with Crippen molar-refractivity contribution in [3.05, 3.63) is 83.1 Å². The molecule has 1 aliphatic heterocycles. The normalized spacial score (nSPS) is 16.8. The van der Waals surface area contributed by atoms with Gasteiger partial charge in [-0.15, -0.1) is 0 Å². The topological polar surface area (TPSA) is 158 Å². The second kappa shape index (κ2) is 10.3. The van der Waals surface area contributed by atoms with Gasteiger partial charge in [-0.25, -0.2) is 14.4 Å². The maximum absolute atomic E-state index is 14.6. The molecule has 12 heteroatoms. The quantitative estimate of drug-likeness (QED) is 0.231. The molecule has 5 rings (SSSR count). The lowest BCUT2D eigenvalue weighted by molar-refractivity contribution is 0.0897. The minimum Gasteiger partial charge on any atom is -0.507 e. The van der Waals surface area contributed by atoms with Gasteiger partial charge in [0.15, 0.2) is 23.0 Å². The molecule has 1 saturated heterocycles. The summed E-state index contributed by atoms with van der Waals surface area (Å²) >= 11 is 0. The monoisotopic (exact) mass is 518 g/mol. The van der Waals surface area contributed by atoms with Gasteiger partial charge < -0.3 is 30.8 Å². The fourth-order valence-electron chi connectivity index (χ4n) is 4.35. The Bertz CT molecular complexity index is 1540. The molecule has 4 aromatic rings. The summed E-state index contributed by atoms with van der Waals surface area (Å²) in [5.41, 5.74) is 1.15. The van der Waals surface area contributed by atoms with Gasteiger partial charge in [0, 0.05) is 30.4 Å². The number of fused-ring (bicyclic) bond motifs is 1. The van der Waals surface area contributed by atoms with E-state index in [4.69, 9.17) is 4.74 Å². The average Bonchev–Trinajstić information content (AvgIpc) is 3.58. The van der Waals surface area contributed by atoms with E-state index in [9.17, 15) is 23.9 Å². The Morgan fingerprint density at radius 3 is 2.37 bits per heavy atom. The number of nitrogens with zero attached hydrogens (tertiary/aromatic N) is 2. The number of aromatic amines is 1. The number of methoxy groups -OCH3 is 1. The highest BCUT2D eigenvalue weighted by Crippen LogP contribution is 2.30. The molecule has 5 N–H and O–H groups in total. The van der Waals surface area contributed by atoms with Gasteiger partial charge in [0.25, 0.3) is 11.8 Å². The number of carbonyl (C=O) groups excluding carboxylic acids is 3. The Kier molecular flexibility index (Phi) is 6.71. The predicted molar refractivity (Wildman–Crippen MR) is 134 cm³/mol. The molecule has 2 atom stereocenters. The van der Waals surface area contributed by atoms with Crippen LogP contribution in [0.1, 0.15) is 36.6 Å². The van der Waals surface area contributed by atoms with Gasteiger partial charge in [-0.1, -0.05) is 12.1 Å². The molecule has 0 saturated carbocycles. The van der Waals surface area contributed by atoms with Crippen LogP contribution in [-0.4, -0.2) is 69.9 Å². The van der Waals surface area contributed by atoms with Gasteiger partial charge in [0.2, 0.25) is 0 Å². The number of H-pyrrole nitrogens is 1. The number of phenolic OH excluding ortho intramolecular Hbond substituents is 1. The molecular weight excluding hydrogens is 495 g/mol. The summed E-state index contributed by atoms with van der Waals surface area (Å²) in [6.07, 6.45) is 2.98. The van der Waals surface area contributed by atoms with Gasteiger partial charge in [-0.05, 0) is 30.3 Å². The molecule has 0 aliphatic carbocycles. The van der Waals surface area contributed by atoms with Crippen LogP contribution >= 0.6 is 0 Å². The zero-order valence-corrected chi connectivity index (χ0v) is 20.1. The van der Waals surface area contributed by atoms with E-state index in [-0.39, 0.29) is 28.8 Å². The van der Waals surface area contributed by atoms with Crippen LogP contribution < -0.4 is 20.7 Å². The molecule has 38 heavy (non-hydrogen) atoms. The predicted octanol–water partition coefficient (Wildman–Crippen LogP) is 1.54. The van der Waals surface area contributed by atoms with Crippen molar-refractivity contribution < 1.29 is 28.6 Å². The summed E-state index contributed by atoms with van der Waals surface area (Å²) < 4.78 is 19.5. The first kappa shape index (κ1) is 24.8. The number of ether oxygens (including phenoxy) is 1. The molecule has 3 heterocycles. The first-order chi connectivity index (χ1) is 18.4. The van der Waals surface area contributed by atoms with E-state index in [0.717, 1.165) is 0 Å². The Morgan fingerprint density at radius 1 is 0.974 bits per heavy atom. The standard InChI is InChI=1S/C26H23FN6O5/c1-38-19-7-6-18(34)20(21(19)27)23(35)13-2-4-14(5-3-13)25(36)32-16-10-28-11-17(16)33-26(37)15-8-9-29-24-22(15)30-12-31-24/h2-9,12,16-17,28,34H,10-11H2,1H3,(H,32,36)(H,33,37)(H,29,30,31)/t16?,17-/m1/s1. The van der Waals surface area contributed by atoms with Gasteiger partial charge in [-0.2, -0.15) is 0 Å². The zero-order valence-electron chi connectivity index (χ0n) is 20.1. The molecule has 2 amide bonds. The van der Waals surface area contributed by atoms with E-state index in [1.165, 1.54) is 56.0 Å². The second-order valence-electron chi connectivity index (χ2n) is 8.66. The molecule has 0 spiro atoms. The maximum Gasteiger partial charge on any atom is 0.254 e. The van der Waals surface area contributed by atoms with Crippen molar-refractivity contribution >= 4 is 28.8 Å². The number of aromatic nitrogens is 3. The van der Waals surface area contributed by atoms with Crippen LogP contribution in [-0.2, 0) is 0 Å². The number of benzene rings is 2. The summed E-state index contributed by atoms with van der Waals surface area (Å²) in [5.74, 6) is -3.17. The third-order valence-electron chi connectivity index (χ3n) is 6.35. The Labute approximate surface area is 215 Å². The fraction of sp³-hybridized carbons (Fsp3) is 0.192. The van der Waals surface area contributed by atoms with Crippen LogP contribution in [0.4, 0.5) is 4.39 Å². The molecule has 0 bridgehead atoms. The summed E-state index contributed by atoms with van der Waals surface area (Å²) in [4.78, 5) is 49.8. The lowest BCUT2D eigenvalue weighted by Crippen LogP contribution is -2.51. The van der Waals surface area contributed by atoms with Crippen LogP contribution in [0.15, 0.2) is 55.0 Å². The SMILES string of the molecule is COc1ccc(O)c(C(=O)c2ccc(C(=O)NC3CNC[C@H]3NC(=O)c3ccnc4[nH]cnc34)cc2)c1F. The van der Waals surface area contributed by atoms with Gasteiger partial charge in [0.1, 0.15) is 16.8 Å². The fourth-order valence-corrected chi connectivity index (χ4v) is 4.35. The maximum atomic E-state index is 14.6. The first-order valence-electron chi connectivity index (χ1n) is 11.7. The Morgan fingerprint density at radius 2 is 1.66 bits per heavy atom. The zero-order chi connectivity index (χ0) is 26.8. The summed E-state index contributed by atoms with van der Waals surface area (Å²) in [6.45, 7) is 0.893. The molecular formula is C26H23FN6O5. The molecule has 1 aliphatic rings. The van der Waals surface area contributed by atoms with Gasteiger partial charge >= 0.3 is 0 Å². The summed E-state index contributed by atoms with van der Waals surface area (Å²) in [5, 5.41) is 19.0. The minimum atomic E-state index is -0.971. The van der Waals surface area contributed by atoms with E-state index in [0.29, 0.717) is 29.8 Å². The van der Waals surface area contributed by atoms with Crippen LogP contribution in [0.5, 0.6) is 11.5 Å². The largest absolute Gasteiger partial charge is 0.507 e. The minimum absolute atomic E-state index is 0.0821. The third kappa shape index (κ3) is 4.64. The molecule has 1 fully saturated rings.